The molecule has 1 N–H and O–H groups in total. The van der Waals surface area contributed by atoms with Crippen molar-refractivity contribution in [3.63, 3.8) is 0 Å². The van der Waals surface area contributed by atoms with Gasteiger partial charge < -0.3 is 5.11 Å². The molecule has 0 aliphatic heterocycles. The summed E-state index contributed by atoms with van der Waals surface area (Å²) in [7, 11) is 0. The summed E-state index contributed by atoms with van der Waals surface area (Å²) in [6.45, 7) is 2.01. The van der Waals surface area contributed by atoms with Crippen LogP contribution in [0.15, 0.2) is 42.5 Å². The molecule has 0 unspecified atom stereocenters. The maximum Gasteiger partial charge on any atom is 0.193 e. The molecular weight excluding hydrogens is 243 g/mol. The van der Waals surface area contributed by atoms with Crippen LogP contribution in [0.25, 0.3) is 0 Å². The van der Waals surface area contributed by atoms with E-state index < -0.39 is 0 Å². The van der Waals surface area contributed by atoms with Gasteiger partial charge in [0.1, 0.15) is 11.6 Å². The zero-order valence-corrected chi connectivity index (χ0v) is 10.7. The van der Waals surface area contributed by atoms with E-state index in [0.717, 1.165) is 18.4 Å². The number of aryl methyl sites for hydroxylation is 1. The van der Waals surface area contributed by atoms with Gasteiger partial charge in [0.15, 0.2) is 5.78 Å². The molecule has 0 fully saturated rings. The molecule has 2 rings (SSSR count). The van der Waals surface area contributed by atoms with Crippen molar-refractivity contribution in [1.29, 1.82) is 0 Å². The van der Waals surface area contributed by atoms with Crippen LogP contribution in [0.4, 0.5) is 4.39 Å². The van der Waals surface area contributed by atoms with Gasteiger partial charge in [-0.05, 0) is 54.4 Å². The highest BCUT2D eigenvalue weighted by molar-refractivity contribution is 6.09. The number of halogens is 1. The Morgan fingerprint density at radius 1 is 1.11 bits per heavy atom. The molecule has 2 aromatic rings. The Morgan fingerprint density at radius 3 is 2.37 bits per heavy atom. The molecule has 0 heterocycles. The Hall–Kier alpha value is -2.16. The molecule has 98 valence electrons. The largest absolute Gasteiger partial charge is 0.508 e. The van der Waals surface area contributed by atoms with Gasteiger partial charge in [-0.25, -0.2) is 4.39 Å². The lowest BCUT2D eigenvalue weighted by atomic mass is 9.99. The fourth-order valence-electron chi connectivity index (χ4n) is 1.96. The van der Waals surface area contributed by atoms with Crippen LogP contribution in [-0.2, 0) is 6.42 Å². The number of carbonyl (C=O) groups excluding carboxylic acids is 1. The van der Waals surface area contributed by atoms with Gasteiger partial charge in [-0.1, -0.05) is 13.3 Å². The Morgan fingerprint density at radius 2 is 1.74 bits per heavy atom. The van der Waals surface area contributed by atoms with Crippen molar-refractivity contribution in [2.45, 2.75) is 19.8 Å². The Bertz CT molecular complexity index is 588. The highest BCUT2D eigenvalue weighted by atomic mass is 19.1. The Balaban J connectivity index is 2.33. The smallest absolute Gasteiger partial charge is 0.193 e. The van der Waals surface area contributed by atoms with Crippen molar-refractivity contribution >= 4 is 5.78 Å². The number of ketones is 1. The van der Waals surface area contributed by atoms with Crippen molar-refractivity contribution in [1.82, 2.24) is 0 Å². The molecule has 19 heavy (non-hydrogen) atoms. The Kier molecular flexibility index (Phi) is 3.95. The average molecular weight is 258 g/mol. The summed E-state index contributed by atoms with van der Waals surface area (Å²) in [4.78, 5) is 12.2. The number of hydrogen-bond donors (Lipinski definition) is 1. The van der Waals surface area contributed by atoms with E-state index in [1.807, 2.05) is 6.92 Å². The van der Waals surface area contributed by atoms with Crippen molar-refractivity contribution < 1.29 is 14.3 Å². The SMILES string of the molecule is CCCc1cc(C(=O)c2ccc(F)cc2)ccc1O. The van der Waals surface area contributed by atoms with E-state index in [4.69, 9.17) is 0 Å². The van der Waals surface area contributed by atoms with Gasteiger partial charge in [0, 0.05) is 11.1 Å². The molecule has 0 aliphatic carbocycles. The first-order valence-corrected chi connectivity index (χ1v) is 6.24. The van der Waals surface area contributed by atoms with Gasteiger partial charge in [-0.15, -0.1) is 0 Å². The first kappa shape index (κ1) is 13.3. The minimum atomic E-state index is -0.367. The maximum absolute atomic E-state index is 12.8. The first-order chi connectivity index (χ1) is 9.11. The summed E-state index contributed by atoms with van der Waals surface area (Å²) < 4.78 is 12.8. The molecular formula is C16H15FO2. The molecule has 0 saturated heterocycles. The maximum atomic E-state index is 12.8. The summed E-state index contributed by atoms with van der Waals surface area (Å²) in [6, 6.07) is 10.3. The number of phenols is 1. The molecule has 0 radical (unpaired) electrons. The van der Waals surface area contributed by atoms with Crippen LogP contribution < -0.4 is 0 Å². The summed E-state index contributed by atoms with van der Waals surface area (Å²) in [5.41, 5.74) is 1.71. The van der Waals surface area contributed by atoms with E-state index in [1.54, 1.807) is 12.1 Å². The monoisotopic (exact) mass is 258 g/mol. The van der Waals surface area contributed by atoms with Crippen LogP contribution in [-0.4, -0.2) is 10.9 Å². The van der Waals surface area contributed by atoms with E-state index in [9.17, 15) is 14.3 Å². The minimum absolute atomic E-state index is 0.169. The summed E-state index contributed by atoms with van der Waals surface area (Å²) >= 11 is 0. The number of benzene rings is 2. The van der Waals surface area contributed by atoms with Crippen molar-refractivity contribution in [3.8, 4) is 5.75 Å². The molecule has 0 atom stereocenters. The quantitative estimate of drug-likeness (QED) is 0.849. The van der Waals surface area contributed by atoms with Crippen LogP contribution >= 0.6 is 0 Å². The topological polar surface area (TPSA) is 37.3 Å². The predicted octanol–water partition coefficient (Wildman–Crippen LogP) is 3.71. The lowest BCUT2D eigenvalue weighted by Crippen LogP contribution is -2.02. The minimum Gasteiger partial charge on any atom is -0.508 e. The number of aromatic hydroxyl groups is 1. The van der Waals surface area contributed by atoms with Gasteiger partial charge in [0.25, 0.3) is 0 Å². The predicted molar refractivity (Wildman–Crippen MR) is 71.9 cm³/mol. The van der Waals surface area contributed by atoms with E-state index >= 15 is 0 Å². The lowest BCUT2D eigenvalue weighted by Gasteiger charge is -2.06. The van der Waals surface area contributed by atoms with Gasteiger partial charge in [-0.2, -0.15) is 0 Å². The molecule has 2 aromatic carbocycles. The fraction of sp³-hybridized carbons (Fsp3) is 0.188. The van der Waals surface area contributed by atoms with E-state index in [-0.39, 0.29) is 17.3 Å². The second-order valence-corrected chi connectivity index (χ2v) is 4.43. The second-order valence-electron chi connectivity index (χ2n) is 4.43. The van der Waals surface area contributed by atoms with Crippen LogP contribution in [0, 0.1) is 5.82 Å². The highest BCUT2D eigenvalue weighted by Crippen LogP contribution is 2.21. The van der Waals surface area contributed by atoms with Crippen molar-refractivity contribution in [2.24, 2.45) is 0 Å². The van der Waals surface area contributed by atoms with Gasteiger partial charge in [0.2, 0.25) is 0 Å². The second kappa shape index (κ2) is 5.65. The third-order valence-electron chi connectivity index (χ3n) is 2.97. The zero-order valence-electron chi connectivity index (χ0n) is 10.7. The molecule has 0 bridgehead atoms. The van der Waals surface area contributed by atoms with Crippen LogP contribution in [0.5, 0.6) is 5.75 Å². The highest BCUT2D eigenvalue weighted by Gasteiger charge is 2.11. The third-order valence-corrected chi connectivity index (χ3v) is 2.97. The molecule has 0 spiro atoms. The summed E-state index contributed by atoms with van der Waals surface area (Å²) in [6.07, 6.45) is 1.61. The molecule has 0 saturated carbocycles. The zero-order chi connectivity index (χ0) is 13.8. The van der Waals surface area contributed by atoms with Crippen molar-refractivity contribution in [3.05, 3.63) is 65.0 Å². The molecule has 2 nitrogen and oxygen atoms in total. The average Bonchev–Trinajstić information content (AvgIpc) is 2.41. The van der Waals surface area contributed by atoms with Gasteiger partial charge >= 0.3 is 0 Å². The number of rotatable bonds is 4. The van der Waals surface area contributed by atoms with Crippen LogP contribution in [0.1, 0.15) is 34.8 Å². The molecule has 0 amide bonds. The number of phenolic OH excluding ortho intramolecular Hbond substituents is 1. The standard InChI is InChI=1S/C16H15FO2/c1-2-3-12-10-13(6-9-15(12)18)16(19)11-4-7-14(17)8-5-11/h4-10,18H,2-3H2,1H3. The molecule has 0 aliphatic rings. The first-order valence-electron chi connectivity index (χ1n) is 6.24. The normalized spacial score (nSPS) is 10.4. The lowest BCUT2D eigenvalue weighted by molar-refractivity contribution is 0.103. The van der Waals surface area contributed by atoms with Crippen LogP contribution in [0.3, 0.4) is 0 Å². The van der Waals surface area contributed by atoms with E-state index in [1.165, 1.54) is 30.3 Å². The fourth-order valence-corrected chi connectivity index (χ4v) is 1.96. The van der Waals surface area contributed by atoms with Gasteiger partial charge in [-0.3, -0.25) is 4.79 Å². The summed E-state index contributed by atoms with van der Waals surface area (Å²) in [5, 5.41) is 9.69. The molecule has 3 heteroatoms. The van der Waals surface area contributed by atoms with Crippen molar-refractivity contribution in [2.75, 3.05) is 0 Å². The Labute approximate surface area is 111 Å². The molecule has 0 aromatic heterocycles. The van der Waals surface area contributed by atoms with Crippen LogP contribution in [0.2, 0.25) is 0 Å². The summed E-state index contributed by atoms with van der Waals surface area (Å²) in [5.74, 6) is -0.330. The number of carbonyl (C=O) groups is 1. The third kappa shape index (κ3) is 2.99. The number of hydrogen-bond acceptors (Lipinski definition) is 2. The van der Waals surface area contributed by atoms with E-state index in [2.05, 4.69) is 0 Å². The van der Waals surface area contributed by atoms with Gasteiger partial charge in [0.05, 0.1) is 0 Å². The van der Waals surface area contributed by atoms with E-state index in [0.29, 0.717) is 11.1 Å².